The summed E-state index contributed by atoms with van der Waals surface area (Å²) in [6.07, 6.45) is 2.25. The second-order valence-electron chi connectivity index (χ2n) is 9.16. The minimum atomic E-state index is -1.67. The molecule has 24 heavy (non-hydrogen) atoms. The highest BCUT2D eigenvalue weighted by Crippen LogP contribution is 2.36. The fraction of sp³-hybridized carbons (Fsp3) is 0.636. The summed E-state index contributed by atoms with van der Waals surface area (Å²) >= 11 is 0. The fourth-order valence-corrected chi connectivity index (χ4v) is 3.21. The number of hydrogen-bond donors (Lipinski definition) is 0. The molecule has 1 aromatic rings. The van der Waals surface area contributed by atoms with Gasteiger partial charge in [-0.1, -0.05) is 72.7 Å². The summed E-state index contributed by atoms with van der Waals surface area (Å²) in [4.78, 5) is 0. The van der Waals surface area contributed by atoms with E-state index in [1.807, 2.05) is 0 Å². The summed E-state index contributed by atoms with van der Waals surface area (Å²) in [5, 5.41) is 0.261. The summed E-state index contributed by atoms with van der Waals surface area (Å²) in [7, 11) is -1.67. The maximum atomic E-state index is 6.30. The third kappa shape index (κ3) is 5.60. The number of allylic oxidation sites excluding steroid dienone is 1. The Hall–Kier alpha value is -0.863. The lowest BCUT2D eigenvalue weighted by atomic mass is 9.91. The molecule has 0 saturated carbocycles. The molecule has 0 spiro atoms. The van der Waals surface area contributed by atoms with Crippen LogP contribution in [0, 0.1) is 0 Å². The van der Waals surface area contributed by atoms with Crippen LogP contribution < -0.4 is 0 Å². The Balaban J connectivity index is 3.00. The van der Waals surface area contributed by atoms with Gasteiger partial charge in [-0.3, -0.25) is 0 Å². The monoisotopic (exact) mass is 346 g/mol. The molecule has 0 aromatic heterocycles. The summed E-state index contributed by atoms with van der Waals surface area (Å²) in [5.74, 6) is 1.11. The second-order valence-corrected chi connectivity index (χ2v) is 14.0. The molecule has 0 unspecified atom stereocenters. The first-order valence-corrected chi connectivity index (χ1v) is 12.2. The molecule has 0 bridgehead atoms. The topological polar surface area (TPSA) is 9.23 Å². The van der Waals surface area contributed by atoms with E-state index in [1.165, 1.54) is 22.3 Å². The lowest BCUT2D eigenvalue weighted by Gasteiger charge is -2.35. The van der Waals surface area contributed by atoms with Crippen molar-refractivity contribution >= 4 is 13.9 Å². The largest absolute Gasteiger partial charge is 0.413 e. The van der Waals surface area contributed by atoms with Crippen LogP contribution in [-0.2, 0) is 4.43 Å². The average molecular weight is 347 g/mol. The summed E-state index contributed by atoms with van der Waals surface area (Å²) < 4.78 is 6.30. The Labute approximate surface area is 151 Å². The zero-order valence-electron chi connectivity index (χ0n) is 17.6. The van der Waals surface area contributed by atoms with Gasteiger partial charge >= 0.3 is 0 Å². The van der Waals surface area contributed by atoms with Crippen LogP contribution in [0.15, 0.2) is 24.3 Å². The van der Waals surface area contributed by atoms with Crippen molar-refractivity contribution in [3.63, 3.8) is 0 Å². The third-order valence-corrected chi connectivity index (χ3v) is 9.91. The van der Waals surface area contributed by atoms with Gasteiger partial charge in [0.05, 0.1) is 6.61 Å². The highest BCUT2D eigenvalue weighted by atomic mass is 28.4. The van der Waals surface area contributed by atoms with Crippen molar-refractivity contribution in [3.05, 3.63) is 41.0 Å². The first kappa shape index (κ1) is 21.2. The third-order valence-electron chi connectivity index (χ3n) is 5.41. The van der Waals surface area contributed by atoms with Crippen LogP contribution >= 0.6 is 0 Å². The number of hydrogen-bond acceptors (Lipinski definition) is 1. The van der Waals surface area contributed by atoms with Gasteiger partial charge in [0.2, 0.25) is 0 Å². The molecule has 0 saturated heterocycles. The average Bonchev–Trinajstić information content (AvgIpc) is 2.45. The van der Waals surface area contributed by atoms with Crippen molar-refractivity contribution < 1.29 is 4.43 Å². The molecule has 2 heteroatoms. The summed E-state index contributed by atoms with van der Waals surface area (Å²) in [6, 6.07) is 7.04. The van der Waals surface area contributed by atoms with Gasteiger partial charge < -0.3 is 4.43 Å². The zero-order chi connectivity index (χ0) is 18.7. The molecule has 0 amide bonds. The van der Waals surface area contributed by atoms with Crippen LogP contribution in [-0.4, -0.2) is 14.9 Å². The zero-order valence-corrected chi connectivity index (χ0v) is 18.6. The second kappa shape index (κ2) is 8.01. The molecule has 1 nitrogen and oxygen atoms in total. The van der Waals surface area contributed by atoms with Crippen molar-refractivity contribution in [2.75, 3.05) is 6.61 Å². The van der Waals surface area contributed by atoms with Crippen molar-refractivity contribution in [3.8, 4) is 0 Å². The van der Waals surface area contributed by atoms with Gasteiger partial charge in [0.25, 0.3) is 0 Å². The van der Waals surface area contributed by atoms with Crippen LogP contribution in [0.1, 0.15) is 83.9 Å². The van der Waals surface area contributed by atoms with E-state index in [1.54, 1.807) is 0 Å². The Morgan fingerprint density at radius 3 is 1.83 bits per heavy atom. The molecule has 0 fully saturated rings. The molecule has 136 valence electrons. The first-order valence-electron chi connectivity index (χ1n) is 9.31. The molecule has 1 aromatic carbocycles. The molecule has 0 atom stereocenters. The quantitative estimate of drug-likeness (QED) is 0.489. The Kier molecular flexibility index (Phi) is 7.07. The highest BCUT2D eigenvalue weighted by molar-refractivity contribution is 6.74. The predicted molar refractivity (Wildman–Crippen MR) is 111 cm³/mol. The fourth-order valence-electron chi connectivity index (χ4n) is 2.28. The SMILES string of the molecule is CC(=CCO[Si](C)(C)C(C)(C)C)c1cc(C(C)C)cc(C(C)C)c1. The number of benzene rings is 1. The Morgan fingerprint density at radius 2 is 1.46 bits per heavy atom. The molecule has 0 radical (unpaired) electrons. The van der Waals surface area contributed by atoms with E-state index in [9.17, 15) is 0 Å². The lowest BCUT2D eigenvalue weighted by Crippen LogP contribution is -2.40. The normalized spacial score (nSPS) is 13.9. The molecule has 0 N–H and O–H groups in total. The van der Waals surface area contributed by atoms with E-state index in [4.69, 9.17) is 4.43 Å². The van der Waals surface area contributed by atoms with Crippen LogP contribution in [0.5, 0.6) is 0 Å². The Morgan fingerprint density at radius 1 is 1.00 bits per heavy atom. The van der Waals surface area contributed by atoms with E-state index in [0.29, 0.717) is 18.4 Å². The lowest BCUT2D eigenvalue weighted by molar-refractivity contribution is 0.328. The van der Waals surface area contributed by atoms with E-state index in [2.05, 4.69) is 92.8 Å². The molecule has 0 aliphatic heterocycles. The van der Waals surface area contributed by atoms with Gasteiger partial charge in [-0.05, 0) is 59.2 Å². The van der Waals surface area contributed by atoms with Crippen molar-refractivity contribution in [2.24, 2.45) is 0 Å². The predicted octanol–water partition coefficient (Wildman–Crippen LogP) is 7.36. The first-order chi connectivity index (χ1) is 10.8. The van der Waals surface area contributed by atoms with Crippen molar-refractivity contribution in [1.29, 1.82) is 0 Å². The molecule has 0 heterocycles. The van der Waals surface area contributed by atoms with Crippen LogP contribution in [0.25, 0.3) is 5.57 Å². The van der Waals surface area contributed by atoms with Crippen LogP contribution in [0.3, 0.4) is 0 Å². The Bertz CT molecular complexity index is 548. The molecular weight excluding hydrogens is 308 g/mol. The smallest absolute Gasteiger partial charge is 0.192 e. The van der Waals surface area contributed by atoms with Crippen LogP contribution in [0.2, 0.25) is 18.1 Å². The van der Waals surface area contributed by atoms with Gasteiger partial charge in [-0.2, -0.15) is 0 Å². The van der Waals surface area contributed by atoms with E-state index in [-0.39, 0.29) is 5.04 Å². The van der Waals surface area contributed by atoms with E-state index in [0.717, 1.165) is 0 Å². The summed E-state index contributed by atoms with van der Waals surface area (Å²) in [6.45, 7) is 23.5. The van der Waals surface area contributed by atoms with Crippen molar-refractivity contribution in [1.82, 2.24) is 0 Å². The van der Waals surface area contributed by atoms with E-state index < -0.39 is 8.32 Å². The van der Waals surface area contributed by atoms with E-state index >= 15 is 0 Å². The highest BCUT2D eigenvalue weighted by Gasteiger charge is 2.36. The minimum Gasteiger partial charge on any atom is -0.413 e. The number of rotatable bonds is 6. The van der Waals surface area contributed by atoms with Crippen LogP contribution in [0.4, 0.5) is 0 Å². The summed E-state index contributed by atoms with van der Waals surface area (Å²) in [5.41, 5.74) is 5.50. The molecule has 0 aliphatic rings. The van der Waals surface area contributed by atoms with Crippen molar-refractivity contribution in [2.45, 2.75) is 85.4 Å². The maximum absolute atomic E-state index is 6.30. The molecular formula is C22H38OSi. The van der Waals surface area contributed by atoms with Gasteiger partial charge in [0, 0.05) is 0 Å². The van der Waals surface area contributed by atoms with Gasteiger partial charge in [0.15, 0.2) is 8.32 Å². The van der Waals surface area contributed by atoms with Gasteiger partial charge in [-0.15, -0.1) is 0 Å². The minimum absolute atomic E-state index is 0.261. The maximum Gasteiger partial charge on any atom is 0.192 e. The molecule has 1 rings (SSSR count). The van der Waals surface area contributed by atoms with Gasteiger partial charge in [-0.25, -0.2) is 0 Å². The van der Waals surface area contributed by atoms with Gasteiger partial charge in [0.1, 0.15) is 0 Å². The standard InChI is InChI=1S/C22H38OSi/c1-16(2)19-13-20(17(3)4)15-21(14-19)18(5)11-12-23-24(9,10)22(6,7)8/h11,13-17H,12H2,1-10H3. The molecule has 0 aliphatic carbocycles.